The van der Waals surface area contributed by atoms with E-state index in [0.29, 0.717) is 30.4 Å². The van der Waals surface area contributed by atoms with Crippen LogP contribution in [0.4, 0.5) is 5.69 Å². The Morgan fingerprint density at radius 2 is 2.03 bits per heavy atom. The number of likely N-dealkylation sites (N-methyl/N-ethyl adjacent to an activating group) is 1. The Bertz CT molecular complexity index is 886. The van der Waals surface area contributed by atoms with Gasteiger partial charge in [0, 0.05) is 57.1 Å². The second kappa shape index (κ2) is 11.6. The van der Waals surface area contributed by atoms with Crippen molar-refractivity contribution in [1.82, 2.24) is 15.1 Å². The number of rotatable bonds is 8. The number of alkyl halides is 1. The van der Waals surface area contributed by atoms with Gasteiger partial charge >= 0.3 is 0 Å². The van der Waals surface area contributed by atoms with E-state index in [1.807, 2.05) is 6.07 Å². The molecular formula is C25H36ClN5O3. The summed E-state index contributed by atoms with van der Waals surface area (Å²) in [4.78, 5) is 17.6. The summed E-state index contributed by atoms with van der Waals surface area (Å²) in [6, 6.07) is 7.59. The number of nitrogens with one attached hydrogen (secondary N) is 2. The normalized spacial score (nSPS) is 30.2. The molecule has 2 N–H and O–H groups in total. The minimum atomic E-state index is -0.124. The lowest BCUT2D eigenvalue weighted by Gasteiger charge is -2.44. The monoisotopic (exact) mass is 489 g/mol. The Balaban J connectivity index is 1.24. The van der Waals surface area contributed by atoms with Crippen molar-refractivity contribution in [3.8, 4) is 11.8 Å². The van der Waals surface area contributed by atoms with Crippen LogP contribution in [-0.4, -0.2) is 93.3 Å². The quantitative estimate of drug-likeness (QED) is 0.541. The van der Waals surface area contributed by atoms with Gasteiger partial charge in [-0.15, -0.1) is 11.6 Å². The van der Waals surface area contributed by atoms with Gasteiger partial charge in [-0.25, -0.2) is 0 Å². The van der Waals surface area contributed by atoms with Gasteiger partial charge in [0.15, 0.2) is 0 Å². The summed E-state index contributed by atoms with van der Waals surface area (Å²) >= 11 is 6.75. The molecule has 186 valence electrons. The molecule has 3 aliphatic rings. The summed E-state index contributed by atoms with van der Waals surface area (Å²) in [6.07, 6.45) is 2.43. The Hall–Kier alpha value is -2.05. The summed E-state index contributed by atoms with van der Waals surface area (Å²) in [5.41, 5.74) is 1.32. The van der Waals surface area contributed by atoms with E-state index in [4.69, 9.17) is 26.3 Å². The lowest BCUT2D eigenvalue weighted by Crippen LogP contribution is -2.56. The number of carbonyl (C=O) groups excluding carboxylic acids is 1. The number of hydrogen-bond acceptors (Lipinski definition) is 7. The SMILES string of the molecule is COc1cc(NCC2CC3CC(Cl)C(OCCN4CCN(C)CC4)CC3NC2=O)ccc1C#N. The molecule has 3 fully saturated rings. The van der Waals surface area contributed by atoms with E-state index in [2.05, 4.69) is 33.6 Å². The standard InChI is InChI=1S/C25H36ClN5O3/c1-30-5-7-31(8-6-30)9-10-34-24-14-22-18(12-21(24)26)11-19(25(32)29-22)16-28-20-4-3-17(15-27)23(13-20)33-2/h3-4,13,18-19,21-22,24,28H,5-12,14,16H2,1-2H3,(H,29,32). The lowest BCUT2D eigenvalue weighted by molar-refractivity contribution is -0.130. The fraction of sp³-hybridized carbons (Fsp3) is 0.680. The van der Waals surface area contributed by atoms with E-state index in [-0.39, 0.29) is 29.3 Å². The van der Waals surface area contributed by atoms with Gasteiger partial charge in [0.25, 0.3) is 0 Å². The fourth-order valence-electron chi connectivity index (χ4n) is 5.29. The largest absolute Gasteiger partial charge is 0.495 e. The molecule has 1 saturated carbocycles. The van der Waals surface area contributed by atoms with E-state index < -0.39 is 0 Å². The second-order valence-corrected chi connectivity index (χ2v) is 10.3. The zero-order valence-electron chi connectivity index (χ0n) is 20.1. The van der Waals surface area contributed by atoms with Crippen LogP contribution in [0.15, 0.2) is 18.2 Å². The number of benzene rings is 1. The van der Waals surface area contributed by atoms with E-state index >= 15 is 0 Å². The maximum Gasteiger partial charge on any atom is 0.225 e. The predicted molar refractivity (Wildman–Crippen MR) is 132 cm³/mol. The molecule has 1 amide bonds. The highest BCUT2D eigenvalue weighted by molar-refractivity contribution is 6.21. The average Bonchev–Trinajstić information content (AvgIpc) is 2.84. The Kier molecular flexibility index (Phi) is 8.54. The van der Waals surface area contributed by atoms with E-state index in [0.717, 1.165) is 57.7 Å². The van der Waals surface area contributed by atoms with Crippen molar-refractivity contribution in [2.24, 2.45) is 11.8 Å². The molecule has 2 heterocycles. The van der Waals surface area contributed by atoms with Crippen LogP contribution in [0.5, 0.6) is 5.75 Å². The van der Waals surface area contributed by atoms with Crippen molar-refractivity contribution >= 4 is 23.2 Å². The van der Waals surface area contributed by atoms with Crippen LogP contribution < -0.4 is 15.4 Å². The van der Waals surface area contributed by atoms with Gasteiger partial charge in [0.2, 0.25) is 5.91 Å². The Morgan fingerprint density at radius 1 is 1.24 bits per heavy atom. The molecule has 0 aromatic heterocycles. The number of piperidine rings is 1. The maximum absolute atomic E-state index is 12.8. The van der Waals surface area contributed by atoms with E-state index in [1.165, 1.54) is 0 Å². The molecule has 1 aromatic rings. The van der Waals surface area contributed by atoms with E-state index in [1.54, 1.807) is 19.2 Å². The number of amides is 1. The lowest BCUT2D eigenvalue weighted by atomic mass is 9.74. The molecule has 5 unspecified atom stereocenters. The third-order valence-corrected chi connectivity index (χ3v) is 7.94. The number of halogens is 1. The molecule has 1 aliphatic carbocycles. The smallest absolute Gasteiger partial charge is 0.225 e. The summed E-state index contributed by atoms with van der Waals surface area (Å²) in [7, 11) is 3.71. The molecule has 5 atom stereocenters. The van der Waals surface area contributed by atoms with Crippen molar-refractivity contribution in [1.29, 1.82) is 5.26 Å². The molecule has 0 spiro atoms. The van der Waals surface area contributed by atoms with Crippen molar-refractivity contribution in [2.45, 2.75) is 36.8 Å². The van der Waals surface area contributed by atoms with Crippen molar-refractivity contribution in [3.05, 3.63) is 23.8 Å². The Morgan fingerprint density at radius 3 is 2.76 bits per heavy atom. The summed E-state index contributed by atoms with van der Waals surface area (Å²) in [5, 5.41) is 15.7. The van der Waals surface area contributed by atoms with E-state index in [9.17, 15) is 4.79 Å². The van der Waals surface area contributed by atoms with Gasteiger partial charge in [-0.3, -0.25) is 9.69 Å². The summed E-state index contributed by atoms with van der Waals surface area (Å²) < 4.78 is 11.5. The van der Waals surface area contributed by atoms with Crippen LogP contribution in [0.25, 0.3) is 0 Å². The van der Waals surface area contributed by atoms with Crippen molar-refractivity contribution in [2.75, 3.05) is 65.3 Å². The predicted octanol–water partition coefficient (Wildman–Crippen LogP) is 2.13. The highest BCUT2D eigenvalue weighted by Gasteiger charge is 2.43. The van der Waals surface area contributed by atoms with Gasteiger partial charge in [-0.05, 0) is 44.4 Å². The first-order valence-electron chi connectivity index (χ1n) is 12.3. The fourth-order valence-corrected chi connectivity index (χ4v) is 5.70. The van der Waals surface area contributed by atoms with Crippen molar-refractivity contribution in [3.63, 3.8) is 0 Å². The molecule has 4 rings (SSSR count). The van der Waals surface area contributed by atoms with Gasteiger partial charge in [-0.1, -0.05) is 0 Å². The van der Waals surface area contributed by atoms with Crippen LogP contribution >= 0.6 is 11.6 Å². The minimum absolute atomic E-state index is 0.0172. The summed E-state index contributed by atoms with van der Waals surface area (Å²) in [5.74, 6) is 0.844. The number of nitrogens with zero attached hydrogens (tertiary/aromatic N) is 3. The number of methoxy groups -OCH3 is 1. The molecule has 8 nitrogen and oxygen atoms in total. The first-order chi connectivity index (χ1) is 16.5. The first kappa shape index (κ1) is 25.1. The average molecular weight is 490 g/mol. The Labute approximate surface area is 207 Å². The topological polar surface area (TPSA) is 89.9 Å². The molecular weight excluding hydrogens is 454 g/mol. The number of ether oxygens (including phenoxy) is 2. The third-order valence-electron chi connectivity index (χ3n) is 7.48. The molecule has 9 heteroatoms. The van der Waals surface area contributed by atoms with Gasteiger partial charge in [0.05, 0.1) is 36.7 Å². The van der Waals surface area contributed by atoms with Gasteiger partial charge < -0.3 is 25.0 Å². The zero-order valence-corrected chi connectivity index (χ0v) is 20.9. The number of fused-ring (bicyclic) bond motifs is 1. The van der Waals surface area contributed by atoms with Crippen LogP contribution in [0.1, 0.15) is 24.8 Å². The van der Waals surface area contributed by atoms with Crippen LogP contribution in [0.3, 0.4) is 0 Å². The van der Waals surface area contributed by atoms with Crippen LogP contribution in [0, 0.1) is 23.2 Å². The van der Waals surface area contributed by atoms with Crippen LogP contribution in [0.2, 0.25) is 0 Å². The molecule has 34 heavy (non-hydrogen) atoms. The van der Waals surface area contributed by atoms with Crippen LogP contribution in [-0.2, 0) is 9.53 Å². The molecule has 0 bridgehead atoms. The number of hydrogen-bond donors (Lipinski definition) is 2. The molecule has 2 aliphatic heterocycles. The first-order valence-corrected chi connectivity index (χ1v) is 12.7. The maximum atomic E-state index is 12.8. The second-order valence-electron chi connectivity index (χ2n) is 9.76. The third kappa shape index (κ3) is 6.14. The number of anilines is 1. The minimum Gasteiger partial charge on any atom is -0.495 e. The highest BCUT2D eigenvalue weighted by atomic mass is 35.5. The molecule has 2 saturated heterocycles. The molecule has 0 radical (unpaired) electrons. The van der Waals surface area contributed by atoms with Gasteiger partial charge in [0.1, 0.15) is 11.8 Å². The highest BCUT2D eigenvalue weighted by Crippen LogP contribution is 2.37. The molecule has 1 aromatic carbocycles. The zero-order chi connectivity index (χ0) is 24.1. The number of nitriles is 1. The summed E-state index contributed by atoms with van der Waals surface area (Å²) in [6.45, 7) is 6.52. The van der Waals surface area contributed by atoms with Crippen molar-refractivity contribution < 1.29 is 14.3 Å². The number of piperazine rings is 1. The van der Waals surface area contributed by atoms with Gasteiger partial charge in [-0.2, -0.15) is 5.26 Å². The number of carbonyl (C=O) groups is 1.